The van der Waals surface area contributed by atoms with Gasteiger partial charge in [-0.15, -0.1) is 0 Å². The number of aliphatic hydroxyl groups is 1. The van der Waals surface area contributed by atoms with Crippen molar-refractivity contribution in [2.45, 2.75) is 24.5 Å². The molecule has 5 nitrogen and oxygen atoms in total. The maximum Gasteiger partial charge on any atom is 0.154 e. The maximum atomic E-state index is 14.3. The van der Waals surface area contributed by atoms with Gasteiger partial charge < -0.3 is 10.4 Å². The van der Waals surface area contributed by atoms with Crippen molar-refractivity contribution in [1.29, 1.82) is 0 Å². The third-order valence-corrected chi connectivity index (χ3v) is 4.30. The van der Waals surface area contributed by atoms with Crippen molar-refractivity contribution in [3.63, 3.8) is 0 Å². The number of rotatable bonds is 3. The monoisotopic (exact) mass is 310 g/mol. The second-order valence-corrected chi connectivity index (χ2v) is 5.83. The van der Waals surface area contributed by atoms with E-state index in [0.29, 0.717) is 35.3 Å². The van der Waals surface area contributed by atoms with E-state index in [1.807, 2.05) is 0 Å². The number of hydrogen-bond donors (Lipinski definition) is 2. The van der Waals surface area contributed by atoms with Crippen molar-refractivity contribution in [3.8, 4) is 0 Å². The van der Waals surface area contributed by atoms with E-state index in [-0.39, 0.29) is 5.82 Å². The van der Waals surface area contributed by atoms with Crippen molar-refractivity contribution in [2.75, 3.05) is 5.32 Å². The first-order valence-electron chi connectivity index (χ1n) is 7.45. The highest BCUT2D eigenvalue weighted by atomic mass is 19.1. The molecule has 1 aliphatic rings. The van der Waals surface area contributed by atoms with Crippen LogP contribution >= 0.6 is 0 Å². The van der Waals surface area contributed by atoms with Crippen LogP contribution < -0.4 is 5.32 Å². The Kier molecular flexibility index (Phi) is 3.20. The molecule has 0 radical (unpaired) electrons. The number of fused-ring (bicyclic) bond motifs is 1. The van der Waals surface area contributed by atoms with Gasteiger partial charge in [-0.1, -0.05) is 18.2 Å². The molecule has 116 valence electrons. The Labute approximate surface area is 132 Å². The zero-order valence-corrected chi connectivity index (χ0v) is 12.3. The van der Waals surface area contributed by atoms with E-state index in [1.54, 1.807) is 42.9 Å². The van der Waals surface area contributed by atoms with E-state index < -0.39 is 11.6 Å². The van der Waals surface area contributed by atoms with Crippen molar-refractivity contribution < 1.29 is 9.50 Å². The van der Waals surface area contributed by atoms with E-state index in [4.69, 9.17) is 0 Å². The average molecular weight is 310 g/mol. The molecule has 0 unspecified atom stereocenters. The molecule has 0 spiro atoms. The third kappa shape index (κ3) is 2.31. The Morgan fingerprint density at radius 1 is 1.04 bits per heavy atom. The van der Waals surface area contributed by atoms with Gasteiger partial charge in [0, 0.05) is 37.0 Å². The molecule has 0 amide bonds. The molecular formula is C17H15FN4O. The predicted molar refractivity (Wildman–Crippen MR) is 84.3 cm³/mol. The van der Waals surface area contributed by atoms with Crippen LogP contribution in [0.25, 0.3) is 11.0 Å². The van der Waals surface area contributed by atoms with Gasteiger partial charge in [0.15, 0.2) is 5.82 Å². The van der Waals surface area contributed by atoms with Gasteiger partial charge >= 0.3 is 0 Å². The second kappa shape index (κ2) is 5.24. The Morgan fingerprint density at radius 2 is 1.83 bits per heavy atom. The number of benzene rings is 1. The molecule has 6 heteroatoms. The second-order valence-electron chi connectivity index (χ2n) is 5.83. The smallest absolute Gasteiger partial charge is 0.154 e. The van der Waals surface area contributed by atoms with Gasteiger partial charge in [0.05, 0.1) is 17.2 Å². The van der Waals surface area contributed by atoms with Crippen LogP contribution in [0.3, 0.4) is 0 Å². The Hall–Kier alpha value is -2.60. The van der Waals surface area contributed by atoms with Gasteiger partial charge in [0.1, 0.15) is 11.3 Å². The van der Waals surface area contributed by atoms with Gasteiger partial charge in [0.25, 0.3) is 0 Å². The van der Waals surface area contributed by atoms with Gasteiger partial charge in [-0.05, 0) is 12.1 Å². The van der Waals surface area contributed by atoms with E-state index in [2.05, 4.69) is 20.3 Å². The summed E-state index contributed by atoms with van der Waals surface area (Å²) in [6, 6.07) is 8.40. The van der Waals surface area contributed by atoms with Crippen LogP contribution in [0.1, 0.15) is 18.4 Å². The van der Waals surface area contributed by atoms with Crippen LogP contribution in [0.2, 0.25) is 0 Å². The first kappa shape index (κ1) is 14.0. The fraction of sp³-hybridized carbons (Fsp3) is 0.235. The molecule has 0 aliphatic heterocycles. The van der Waals surface area contributed by atoms with Crippen molar-refractivity contribution in [3.05, 3.63) is 60.3 Å². The lowest BCUT2D eigenvalue weighted by Crippen LogP contribution is -2.51. The highest BCUT2D eigenvalue weighted by Gasteiger charge is 2.47. The summed E-state index contributed by atoms with van der Waals surface area (Å²) >= 11 is 0. The van der Waals surface area contributed by atoms with E-state index >= 15 is 0 Å². The van der Waals surface area contributed by atoms with Gasteiger partial charge in [-0.25, -0.2) is 14.4 Å². The largest absolute Gasteiger partial charge is 0.393 e. The van der Waals surface area contributed by atoms with E-state index in [1.165, 1.54) is 6.07 Å². The van der Waals surface area contributed by atoms with Crippen molar-refractivity contribution in [2.24, 2.45) is 0 Å². The number of nitrogens with one attached hydrogen (secondary N) is 1. The molecule has 1 aromatic carbocycles. The molecule has 2 heterocycles. The number of nitrogens with zero attached hydrogens (tertiary/aromatic N) is 3. The lowest BCUT2D eigenvalue weighted by atomic mass is 9.69. The minimum atomic E-state index is -0.677. The number of halogens is 1. The lowest BCUT2D eigenvalue weighted by Gasteiger charge is -2.46. The Bertz CT molecular complexity index is 859. The van der Waals surface area contributed by atoms with Gasteiger partial charge in [0.2, 0.25) is 0 Å². The third-order valence-electron chi connectivity index (χ3n) is 4.30. The molecule has 23 heavy (non-hydrogen) atoms. The minimum Gasteiger partial charge on any atom is -0.393 e. The highest BCUT2D eigenvalue weighted by Crippen LogP contribution is 2.45. The molecule has 2 N–H and O–H groups in total. The molecule has 4 rings (SSSR count). The fourth-order valence-corrected chi connectivity index (χ4v) is 3.20. The summed E-state index contributed by atoms with van der Waals surface area (Å²) in [6.07, 6.45) is 5.25. The molecule has 2 aromatic heterocycles. The zero-order valence-electron chi connectivity index (χ0n) is 12.3. The summed E-state index contributed by atoms with van der Waals surface area (Å²) in [5.74, 6) is 0.254. The number of aromatic nitrogens is 3. The van der Waals surface area contributed by atoms with E-state index in [0.717, 1.165) is 0 Å². The van der Waals surface area contributed by atoms with Crippen LogP contribution in [-0.2, 0) is 5.54 Å². The summed E-state index contributed by atoms with van der Waals surface area (Å²) in [4.78, 5) is 12.9. The van der Waals surface area contributed by atoms with Crippen LogP contribution in [0.15, 0.2) is 48.9 Å². The van der Waals surface area contributed by atoms with Crippen LogP contribution in [0.4, 0.5) is 10.2 Å². The fourth-order valence-electron chi connectivity index (χ4n) is 3.20. The number of pyridine rings is 1. The predicted octanol–water partition coefficient (Wildman–Crippen LogP) is 2.63. The first-order chi connectivity index (χ1) is 11.2. The molecule has 0 bridgehead atoms. The summed E-state index contributed by atoms with van der Waals surface area (Å²) in [5.41, 5.74) is 1.21. The topological polar surface area (TPSA) is 70.9 Å². The van der Waals surface area contributed by atoms with E-state index in [9.17, 15) is 9.50 Å². The highest BCUT2D eigenvalue weighted by molar-refractivity contribution is 5.85. The van der Waals surface area contributed by atoms with Gasteiger partial charge in [-0.3, -0.25) is 4.98 Å². The standard InChI is InChI=1S/C17H15FN4O/c18-13-4-2-1-3-12(13)17(9-11(23)10-17)22-16-15-14(5-6-21-16)19-7-8-20-15/h1-8,11,23H,9-10H2,(H,21,22). The molecular weight excluding hydrogens is 295 g/mol. The lowest BCUT2D eigenvalue weighted by molar-refractivity contribution is 0.0301. The molecule has 0 atom stereocenters. The zero-order chi connectivity index (χ0) is 15.9. The van der Waals surface area contributed by atoms with Crippen LogP contribution in [-0.4, -0.2) is 26.2 Å². The van der Waals surface area contributed by atoms with Crippen molar-refractivity contribution >= 4 is 16.9 Å². The molecule has 1 aliphatic carbocycles. The molecule has 1 saturated carbocycles. The molecule has 3 aromatic rings. The number of aliphatic hydroxyl groups excluding tert-OH is 1. The Morgan fingerprint density at radius 3 is 2.61 bits per heavy atom. The quantitative estimate of drug-likeness (QED) is 0.778. The SMILES string of the molecule is OC1CC(Nc2nccc3nccnc23)(c2ccccc2F)C1. The number of anilines is 1. The Balaban J connectivity index is 1.79. The summed E-state index contributed by atoms with van der Waals surface area (Å²) in [5, 5.41) is 13.1. The van der Waals surface area contributed by atoms with Gasteiger partial charge in [-0.2, -0.15) is 0 Å². The number of hydrogen-bond acceptors (Lipinski definition) is 5. The summed E-state index contributed by atoms with van der Waals surface area (Å²) in [7, 11) is 0. The summed E-state index contributed by atoms with van der Waals surface area (Å²) in [6.45, 7) is 0. The first-order valence-corrected chi connectivity index (χ1v) is 7.45. The van der Waals surface area contributed by atoms with Crippen LogP contribution in [0, 0.1) is 5.82 Å². The minimum absolute atomic E-state index is 0.293. The normalized spacial score (nSPS) is 23.5. The summed E-state index contributed by atoms with van der Waals surface area (Å²) < 4.78 is 14.3. The molecule has 1 fully saturated rings. The van der Waals surface area contributed by atoms with Crippen molar-refractivity contribution in [1.82, 2.24) is 15.0 Å². The maximum absolute atomic E-state index is 14.3. The van der Waals surface area contributed by atoms with Crippen LogP contribution in [0.5, 0.6) is 0 Å². The molecule has 0 saturated heterocycles. The average Bonchev–Trinajstić information content (AvgIpc) is 2.54.